The van der Waals surface area contributed by atoms with Gasteiger partial charge >= 0.3 is 17.9 Å². The van der Waals surface area contributed by atoms with Crippen molar-refractivity contribution in [2.45, 2.75) is 34.6 Å². The van der Waals surface area contributed by atoms with Crippen molar-refractivity contribution in [1.82, 2.24) is 0 Å². The third-order valence-corrected chi connectivity index (χ3v) is 4.43. The van der Waals surface area contributed by atoms with E-state index in [0.29, 0.717) is 22.4 Å². The first-order valence-electron chi connectivity index (χ1n) is 9.35. The van der Waals surface area contributed by atoms with Gasteiger partial charge in [-0.15, -0.1) is 0 Å². The van der Waals surface area contributed by atoms with Crippen LogP contribution < -0.4 is 19.6 Å². The van der Waals surface area contributed by atoms with Gasteiger partial charge < -0.3 is 18.6 Å². The van der Waals surface area contributed by atoms with Crippen LogP contribution in [-0.2, 0) is 14.4 Å². The van der Waals surface area contributed by atoms with Crippen molar-refractivity contribution in [3.8, 4) is 28.6 Å². The highest BCUT2D eigenvalue weighted by atomic mass is 16.5. The van der Waals surface area contributed by atoms with Gasteiger partial charge in [0.05, 0.1) is 0 Å². The van der Waals surface area contributed by atoms with Crippen LogP contribution in [-0.4, -0.2) is 17.9 Å². The summed E-state index contributed by atoms with van der Waals surface area (Å²) in [4.78, 5) is 47.3. The number of fused-ring (bicyclic) bond motifs is 1. The zero-order valence-electron chi connectivity index (χ0n) is 17.7. The summed E-state index contributed by atoms with van der Waals surface area (Å²) in [6, 6.07) is 7.67. The van der Waals surface area contributed by atoms with Gasteiger partial charge in [0.25, 0.3) is 0 Å². The van der Waals surface area contributed by atoms with E-state index in [0.717, 1.165) is 0 Å². The highest BCUT2D eigenvalue weighted by Gasteiger charge is 2.24. The maximum atomic E-state index is 13.0. The Kier molecular flexibility index (Phi) is 5.92. The van der Waals surface area contributed by atoms with Gasteiger partial charge in [0.2, 0.25) is 0 Å². The van der Waals surface area contributed by atoms with E-state index in [4.69, 9.17) is 18.6 Å². The molecular weight excluding hydrogens is 404 g/mol. The monoisotopic (exact) mass is 424 g/mol. The second-order valence-electron chi connectivity index (χ2n) is 6.89. The Hall–Kier alpha value is -3.94. The molecule has 0 atom stereocenters. The Morgan fingerprint density at radius 1 is 0.774 bits per heavy atom. The van der Waals surface area contributed by atoms with E-state index in [1.807, 2.05) is 0 Å². The molecule has 0 unspecified atom stereocenters. The van der Waals surface area contributed by atoms with E-state index >= 15 is 0 Å². The summed E-state index contributed by atoms with van der Waals surface area (Å²) < 4.78 is 21.6. The number of benzene rings is 2. The van der Waals surface area contributed by atoms with Crippen LogP contribution in [0.1, 0.15) is 31.9 Å². The average Bonchev–Trinajstić information content (AvgIpc) is 2.68. The highest BCUT2D eigenvalue weighted by molar-refractivity contribution is 5.93. The first kappa shape index (κ1) is 21.8. The zero-order chi connectivity index (χ0) is 22.9. The Balaban J connectivity index is 2.26. The van der Waals surface area contributed by atoms with E-state index in [1.54, 1.807) is 38.1 Å². The minimum Gasteiger partial charge on any atom is -0.455 e. The molecule has 31 heavy (non-hydrogen) atoms. The summed E-state index contributed by atoms with van der Waals surface area (Å²) in [5, 5.41) is 0.0707. The molecule has 2 aromatic carbocycles. The van der Waals surface area contributed by atoms with Gasteiger partial charge in [0.1, 0.15) is 28.2 Å². The normalized spacial score (nSPS) is 10.6. The van der Waals surface area contributed by atoms with Gasteiger partial charge in [-0.05, 0) is 38.1 Å². The topological polar surface area (TPSA) is 109 Å². The van der Waals surface area contributed by atoms with Crippen molar-refractivity contribution >= 4 is 28.9 Å². The van der Waals surface area contributed by atoms with Crippen LogP contribution in [0.15, 0.2) is 39.5 Å². The van der Waals surface area contributed by atoms with Crippen LogP contribution in [0.25, 0.3) is 22.3 Å². The quantitative estimate of drug-likeness (QED) is 0.459. The Labute approximate surface area is 177 Å². The molecule has 1 heterocycles. The molecule has 0 aliphatic heterocycles. The molecule has 8 nitrogen and oxygen atoms in total. The molecule has 0 saturated carbocycles. The molecule has 0 aliphatic carbocycles. The van der Waals surface area contributed by atoms with Gasteiger partial charge in [0, 0.05) is 43.5 Å². The minimum absolute atomic E-state index is 0.0187. The van der Waals surface area contributed by atoms with Crippen molar-refractivity contribution in [3.05, 3.63) is 51.7 Å². The smallest absolute Gasteiger partial charge is 0.308 e. The molecule has 0 radical (unpaired) electrons. The van der Waals surface area contributed by atoms with E-state index in [1.165, 1.54) is 26.8 Å². The zero-order valence-corrected chi connectivity index (χ0v) is 17.7. The van der Waals surface area contributed by atoms with Gasteiger partial charge in [-0.2, -0.15) is 0 Å². The highest BCUT2D eigenvalue weighted by Crippen LogP contribution is 2.40. The number of hydrogen-bond donors (Lipinski definition) is 0. The van der Waals surface area contributed by atoms with Gasteiger partial charge in [0.15, 0.2) is 11.2 Å². The van der Waals surface area contributed by atoms with E-state index < -0.39 is 23.3 Å². The Bertz CT molecular complexity index is 1270. The molecule has 3 rings (SSSR count). The summed E-state index contributed by atoms with van der Waals surface area (Å²) in [5.74, 6) is -0.934. The largest absolute Gasteiger partial charge is 0.455 e. The lowest BCUT2D eigenvalue weighted by Crippen LogP contribution is -2.12. The standard InChI is InChI=1S/C23H20O8/c1-11-21(29-14(4)25)12(2)23-20(22(11)30-15(5)26)18(27)10-19(31-23)16-6-8-17(9-7-16)28-13(3)24/h6-10H,1-5H3. The van der Waals surface area contributed by atoms with Gasteiger partial charge in [-0.1, -0.05) is 0 Å². The fraction of sp³-hybridized carbons (Fsp3) is 0.217. The van der Waals surface area contributed by atoms with Crippen LogP contribution in [0.2, 0.25) is 0 Å². The average molecular weight is 424 g/mol. The minimum atomic E-state index is -0.633. The van der Waals surface area contributed by atoms with Crippen LogP contribution >= 0.6 is 0 Å². The predicted octanol–water partition coefficient (Wildman–Crippen LogP) is 3.85. The molecule has 3 aromatic rings. The summed E-state index contributed by atoms with van der Waals surface area (Å²) in [6.45, 7) is 6.97. The fourth-order valence-electron chi connectivity index (χ4n) is 3.21. The molecule has 1 aromatic heterocycles. The predicted molar refractivity (Wildman–Crippen MR) is 111 cm³/mol. The summed E-state index contributed by atoms with van der Waals surface area (Å²) in [6.07, 6.45) is 0. The molecule has 0 saturated heterocycles. The lowest BCUT2D eigenvalue weighted by atomic mass is 10.0. The van der Waals surface area contributed by atoms with Crippen LogP contribution in [0.3, 0.4) is 0 Å². The van der Waals surface area contributed by atoms with E-state index in [2.05, 4.69) is 0 Å². The van der Waals surface area contributed by atoms with Crippen molar-refractivity contribution in [2.24, 2.45) is 0 Å². The number of carbonyl (C=O) groups excluding carboxylic acids is 3. The number of esters is 3. The number of hydrogen-bond acceptors (Lipinski definition) is 8. The molecule has 0 amide bonds. The number of rotatable bonds is 4. The molecule has 0 fully saturated rings. The Morgan fingerprint density at radius 3 is 1.87 bits per heavy atom. The summed E-state index contributed by atoms with van der Waals surface area (Å²) in [7, 11) is 0. The molecule has 160 valence electrons. The molecule has 8 heteroatoms. The Morgan fingerprint density at radius 2 is 1.32 bits per heavy atom. The van der Waals surface area contributed by atoms with Crippen molar-refractivity contribution in [2.75, 3.05) is 0 Å². The first-order chi connectivity index (χ1) is 14.6. The van der Waals surface area contributed by atoms with Crippen LogP contribution in [0, 0.1) is 13.8 Å². The maximum Gasteiger partial charge on any atom is 0.308 e. The lowest BCUT2D eigenvalue weighted by molar-refractivity contribution is -0.133. The molecule has 0 bridgehead atoms. The molecule has 0 aliphatic rings. The first-order valence-corrected chi connectivity index (χ1v) is 9.35. The molecule has 0 N–H and O–H groups in total. The number of ether oxygens (including phenoxy) is 3. The fourth-order valence-corrected chi connectivity index (χ4v) is 3.21. The maximum absolute atomic E-state index is 13.0. The van der Waals surface area contributed by atoms with E-state index in [9.17, 15) is 19.2 Å². The SMILES string of the molecule is CC(=O)Oc1ccc(-c2cc(=O)c3c(OC(C)=O)c(C)c(OC(C)=O)c(C)c3o2)cc1. The third kappa shape index (κ3) is 4.48. The van der Waals surface area contributed by atoms with Crippen LogP contribution in [0.4, 0.5) is 0 Å². The summed E-state index contributed by atoms with van der Waals surface area (Å²) >= 11 is 0. The second-order valence-corrected chi connectivity index (χ2v) is 6.89. The summed E-state index contributed by atoms with van der Waals surface area (Å²) in [5.41, 5.74) is 0.995. The lowest BCUT2D eigenvalue weighted by Gasteiger charge is -2.16. The number of aryl methyl sites for hydroxylation is 1. The van der Waals surface area contributed by atoms with Crippen molar-refractivity contribution in [3.63, 3.8) is 0 Å². The molecule has 0 spiro atoms. The van der Waals surface area contributed by atoms with Gasteiger partial charge in [-0.25, -0.2) is 0 Å². The van der Waals surface area contributed by atoms with Gasteiger partial charge in [-0.3, -0.25) is 19.2 Å². The third-order valence-electron chi connectivity index (χ3n) is 4.43. The number of carbonyl (C=O) groups is 3. The van der Waals surface area contributed by atoms with Crippen molar-refractivity contribution < 1.29 is 33.0 Å². The van der Waals surface area contributed by atoms with E-state index in [-0.39, 0.29) is 28.2 Å². The van der Waals surface area contributed by atoms with Crippen molar-refractivity contribution in [1.29, 1.82) is 0 Å². The van der Waals surface area contributed by atoms with Crippen LogP contribution in [0.5, 0.6) is 17.2 Å². The molecular formula is C23H20O8. The second kappa shape index (κ2) is 8.43.